The quantitative estimate of drug-likeness (QED) is 0.442. The number of hydrogen-bond acceptors (Lipinski definition) is 4. The summed E-state index contributed by atoms with van der Waals surface area (Å²) >= 11 is 4.53. The highest BCUT2D eigenvalue weighted by molar-refractivity contribution is 7.91. The molecule has 0 spiro atoms. The van der Waals surface area contributed by atoms with E-state index in [9.17, 15) is 9.35 Å². The van der Waals surface area contributed by atoms with Crippen LogP contribution in [0.15, 0.2) is 76.5 Å². The maximum atomic E-state index is 12.7. The second-order valence-electron chi connectivity index (χ2n) is 5.65. The predicted molar refractivity (Wildman–Crippen MR) is 106 cm³/mol. The smallest absolute Gasteiger partial charge is 0.193 e. The molecule has 0 radical (unpaired) electrons. The van der Waals surface area contributed by atoms with Crippen molar-refractivity contribution in [1.29, 1.82) is 0 Å². The van der Waals surface area contributed by atoms with Crippen LogP contribution in [0.25, 0.3) is 0 Å². The fourth-order valence-corrected chi connectivity index (χ4v) is 3.73. The number of ether oxygens (including phenoxy) is 2. The van der Waals surface area contributed by atoms with E-state index < -0.39 is 11.2 Å². The molecular formula is C21H17ClO4S. The summed E-state index contributed by atoms with van der Waals surface area (Å²) in [7, 11) is 3.06. The minimum Gasteiger partial charge on any atom is -0.606 e. The summed E-state index contributed by atoms with van der Waals surface area (Å²) in [4.78, 5) is 14.0. The normalized spacial score (nSPS) is 11.7. The second-order valence-corrected chi connectivity index (χ2v) is 7.56. The Labute approximate surface area is 165 Å². The third kappa shape index (κ3) is 4.27. The van der Waals surface area contributed by atoms with Crippen LogP contribution in [0.1, 0.15) is 15.9 Å². The number of methoxy groups -OCH3 is 2. The lowest BCUT2D eigenvalue weighted by molar-refractivity contribution is 0.103. The Hall–Kier alpha value is -2.47. The molecule has 0 N–H and O–H groups in total. The van der Waals surface area contributed by atoms with Gasteiger partial charge < -0.3 is 14.0 Å². The number of rotatable bonds is 6. The Morgan fingerprint density at radius 1 is 0.815 bits per heavy atom. The Bertz CT molecular complexity index is 939. The third-order valence-corrected chi connectivity index (χ3v) is 5.66. The molecule has 1 unspecified atom stereocenters. The first-order chi connectivity index (χ1) is 13.0. The van der Waals surface area contributed by atoms with Crippen molar-refractivity contribution in [3.63, 3.8) is 0 Å². The van der Waals surface area contributed by atoms with Crippen molar-refractivity contribution < 1.29 is 18.8 Å². The molecule has 3 aromatic rings. The van der Waals surface area contributed by atoms with Crippen molar-refractivity contribution in [3.05, 3.63) is 82.9 Å². The standard InChI is InChI=1S/C21H17ClO4S/c1-25-19-12-5-15(13-20(19)26-2)21(23)14-3-8-17(9-4-14)27(24)18-10-6-16(22)7-11-18/h3-13H,1-2H3. The first-order valence-electron chi connectivity index (χ1n) is 8.07. The molecule has 0 aromatic heterocycles. The topological polar surface area (TPSA) is 58.6 Å². The van der Waals surface area contributed by atoms with Crippen LogP contribution in [0.5, 0.6) is 11.5 Å². The van der Waals surface area contributed by atoms with E-state index in [0.29, 0.717) is 37.4 Å². The van der Waals surface area contributed by atoms with Gasteiger partial charge in [-0.05, 0) is 66.7 Å². The first-order valence-corrected chi connectivity index (χ1v) is 9.60. The van der Waals surface area contributed by atoms with Crippen molar-refractivity contribution in [1.82, 2.24) is 0 Å². The van der Waals surface area contributed by atoms with Crippen molar-refractivity contribution in [3.8, 4) is 11.5 Å². The first kappa shape index (κ1) is 19.3. The summed E-state index contributed by atoms with van der Waals surface area (Å²) in [6, 6.07) is 18.6. The van der Waals surface area contributed by atoms with E-state index in [1.54, 1.807) is 73.8 Å². The van der Waals surface area contributed by atoms with Crippen LogP contribution in [0.4, 0.5) is 0 Å². The Morgan fingerprint density at radius 3 is 1.89 bits per heavy atom. The maximum absolute atomic E-state index is 12.7. The van der Waals surface area contributed by atoms with Crippen LogP contribution >= 0.6 is 11.6 Å². The minimum atomic E-state index is -1.34. The van der Waals surface area contributed by atoms with Gasteiger partial charge in [0.15, 0.2) is 27.1 Å². The molecule has 27 heavy (non-hydrogen) atoms. The van der Waals surface area contributed by atoms with Crippen LogP contribution < -0.4 is 9.47 Å². The van der Waals surface area contributed by atoms with E-state index in [1.165, 1.54) is 7.11 Å². The monoisotopic (exact) mass is 400 g/mol. The molecule has 3 rings (SSSR count). The van der Waals surface area contributed by atoms with E-state index in [4.69, 9.17) is 21.1 Å². The van der Waals surface area contributed by atoms with Crippen LogP contribution in [-0.4, -0.2) is 24.6 Å². The van der Waals surface area contributed by atoms with E-state index in [1.807, 2.05) is 0 Å². The zero-order valence-corrected chi connectivity index (χ0v) is 16.3. The van der Waals surface area contributed by atoms with E-state index in [2.05, 4.69) is 0 Å². The molecule has 3 aromatic carbocycles. The van der Waals surface area contributed by atoms with Gasteiger partial charge in [-0.3, -0.25) is 4.79 Å². The summed E-state index contributed by atoms with van der Waals surface area (Å²) < 4.78 is 23.0. The van der Waals surface area contributed by atoms with Gasteiger partial charge in [-0.25, -0.2) is 0 Å². The summed E-state index contributed by atoms with van der Waals surface area (Å²) in [6.45, 7) is 0. The number of benzene rings is 3. The fraction of sp³-hybridized carbons (Fsp3) is 0.0952. The van der Waals surface area contributed by atoms with E-state index in [0.717, 1.165) is 0 Å². The van der Waals surface area contributed by atoms with Crippen LogP contribution in [0.3, 0.4) is 0 Å². The van der Waals surface area contributed by atoms with Gasteiger partial charge >= 0.3 is 0 Å². The largest absolute Gasteiger partial charge is 0.606 e. The highest BCUT2D eigenvalue weighted by Crippen LogP contribution is 2.29. The number of hydrogen-bond donors (Lipinski definition) is 0. The van der Waals surface area contributed by atoms with Gasteiger partial charge in [-0.15, -0.1) is 0 Å². The van der Waals surface area contributed by atoms with Gasteiger partial charge in [0.1, 0.15) is 0 Å². The van der Waals surface area contributed by atoms with Gasteiger partial charge in [0.05, 0.1) is 14.2 Å². The Morgan fingerprint density at radius 2 is 1.33 bits per heavy atom. The molecule has 0 bridgehead atoms. The third-order valence-electron chi connectivity index (χ3n) is 4.00. The van der Waals surface area contributed by atoms with E-state index in [-0.39, 0.29) is 5.78 Å². The highest BCUT2D eigenvalue weighted by atomic mass is 35.5. The molecule has 0 aliphatic carbocycles. The summed E-state index contributed by atoms with van der Waals surface area (Å²) in [5, 5.41) is 0.589. The SMILES string of the molecule is COc1ccc(C(=O)c2ccc([S+]([O-])c3ccc(Cl)cc3)cc2)cc1OC. The summed E-state index contributed by atoms with van der Waals surface area (Å²) in [5.74, 6) is 0.895. The van der Waals surface area contributed by atoms with Crippen molar-refractivity contribution in [2.75, 3.05) is 14.2 Å². The summed E-state index contributed by atoms with van der Waals surface area (Å²) in [5.41, 5.74) is 0.985. The van der Waals surface area contributed by atoms with Gasteiger partial charge in [0, 0.05) is 27.3 Å². The van der Waals surface area contributed by atoms with Gasteiger partial charge in [0.2, 0.25) is 0 Å². The Balaban J connectivity index is 1.82. The molecule has 138 valence electrons. The molecule has 0 saturated carbocycles. The molecule has 1 atom stereocenters. The molecular weight excluding hydrogens is 384 g/mol. The average Bonchev–Trinajstić information content (AvgIpc) is 2.72. The molecule has 4 nitrogen and oxygen atoms in total. The molecule has 0 amide bonds. The van der Waals surface area contributed by atoms with Gasteiger partial charge in [0.25, 0.3) is 0 Å². The minimum absolute atomic E-state index is 0.153. The number of carbonyl (C=O) groups is 1. The Kier molecular flexibility index (Phi) is 6.06. The fourth-order valence-electron chi connectivity index (χ4n) is 2.57. The van der Waals surface area contributed by atoms with E-state index >= 15 is 0 Å². The van der Waals surface area contributed by atoms with Crippen LogP contribution in [-0.2, 0) is 11.2 Å². The van der Waals surface area contributed by atoms with Crippen LogP contribution in [0, 0.1) is 0 Å². The lowest BCUT2D eigenvalue weighted by Crippen LogP contribution is -2.05. The van der Waals surface area contributed by atoms with Crippen molar-refractivity contribution in [2.45, 2.75) is 9.79 Å². The number of carbonyl (C=O) groups excluding carboxylic acids is 1. The van der Waals surface area contributed by atoms with Crippen molar-refractivity contribution >= 4 is 28.6 Å². The molecule has 0 heterocycles. The average molecular weight is 401 g/mol. The zero-order chi connectivity index (χ0) is 19.4. The highest BCUT2D eigenvalue weighted by Gasteiger charge is 2.17. The van der Waals surface area contributed by atoms with Crippen LogP contribution in [0.2, 0.25) is 5.02 Å². The second kappa shape index (κ2) is 8.48. The van der Waals surface area contributed by atoms with Gasteiger partial charge in [-0.2, -0.15) is 0 Å². The molecule has 0 fully saturated rings. The zero-order valence-electron chi connectivity index (χ0n) is 14.8. The molecule has 6 heteroatoms. The van der Waals surface area contributed by atoms with Crippen molar-refractivity contribution in [2.24, 2.45) is 0 Å². The molecule has 0 aliphatic rings. The lowest BCUT2D eigenvalue weighted by atomic mass is 10.0. The lowest BCUT2D eigenvalue weighted by Gasteiger charge is -2.11. The summed E-state index contributed by atoms with van der Waals surface area (Å²) in [6.07, 6.45) is 0. The number of halogens is 1. The molecule has 0 saturated heterocycles. The van der Waals surface area contributed by atoms with Gasteiger partial charge in [-0.1, -0.05) is 11.6 Å². The maximum Gasteiger partial charge on any atom is 0.193 e. The predicted octanol–water partition coefficient (Wildman–Crippen LogP) is 4.75. The number of ketones is 1. The molecule has 0 aliphatic heterocycles.